The van der Waals surface area contributed by atoms with Crippen LogP contribution < -0.4 is 9.47 Å². The summed E-state index contributed by atoms with van der Waals surface area (Å²) in [6.45, 7) is 1.66. The molecule has 0 saturated carbocycles. The average Bonchev–Trinajstić information content (AvgIpc) is 2.49. The minimum Gasteiger partial charge on any atom is -0.495 e. The third kappa shape index (κ3) is 2.96. The van der Waals surface area contributed by atoms with E-state index in [4.69, 9.17) is 21.1 Å². The molecule has 112 valence electrons. The molecular formula is C16H16ClFO3. The summed E-state index contributed by atoms with van der Waals surface area (Å²) < 4.78 is 24.0. The molecule has 0 fully saturated rings. The molecule has 0 amide bonds. The molecule has 0 bridgehead atoms. The summed E-state index contributed by atoms with van der Waals surface area (Å²) in [5.74, 6) is 0.383. The van der Waals surface area contributed by atoms with Gasteiger partial charge >= 0.3 is 0 Å². The van der Waals surface area contributed by atoms with Gasteiger partial charge in [0.1, 0.15) is 28.4 Å². The van der Waals surface area contributed by atoms with Gasteiger partial charge in [-0.25, -0.2) is 4.39 Å². The topological polar surface area (TPSA) is 38.7 Å². The molecule has 1 unspecified atom stereocenters. The lowest BCUT2D eigenvalue weighted by molar-refractivity contribution is 0.214. The van der Waals surface area contributed by atoms with Crippen LogP contribution in [0.25, 0.3) is 0 Å². The standard InChI is InChI=1S/C16H16ClFO3/c1-9-4-5-10(8-12(9)18)15(19)11-6-7-13(20-2)14(17)16(11)21-3/h4-8,15,19H,1-3H3. The number of aliphatic hydroxyl groups is 1. The van der Waals surface area contributed by atoms with Gasteiger partial charge in [0.15, 0.2) is 0 Å². The van der Waals surface area contributed by atoms with Crippen LogP contribution in [-0.4, -0.2) is 19.3 Å². The highest BCUT2D eigenvalue weighted by atomic mass is 35.5. The molecule has 0 saturated heterocycles. The number of benzene rings is 2. The molecule has 2 aromatic carbocycles. The molecular weight excluding hydrogens is 295 g/mol. The third-order valence-corrected chi connectivity index (χ3v) is 3.68. The van der Waals surface area contributed by atoms with Crippen LogP contribution in [0.3, 0.4) is 0 Å². The molecule has 2 rings (SSSR count). The maximum absolute atomic E-state index is 13.6. The van der Waals surface area contributed by atoms with Crippen LogP contribution in [-0.2, 0) is 0 Å². The van der Waals surface area contributed by atoms with Crippen molar-refractivity contribution in [2.75, 3.05) is 14.2 Å². The fourth-order valence-electron chi connectivity index (χ4n) is 2.09. The van der Waals surface area contributed by atoms with Crippen LogP contribution in [0.4, 0.5) is 4.39 Å². The van der Waals surface area contributed by atoms with E-state index in [1.54, 1.807) is 31.2 Å². The second-order valence-corrected chi connectivity index (χ2v) is 4.99. The molecule has 0 aromatic heterocycles. The van der Waals surface area contributed by atoms with Crippen LogP contribution in [0.15, 0.2) is 30.3 Å². The van der Waals surface area contributed by atoms with Gasteiger partial charge in [0.05, 0.1) is 14.2 Å². The van der Waals surface area contributed by atoms with Crippen LogP contribution in [0.1, 0.15) is 22.8 Å². The number of ether oxygens (including phenoxy) is 2. The molecule has 5 heteroatoms. The highest BCUT2D eigenvalue weighted by molar-refractivity contribution is 6.33. The van der Waals surface area contributed by atoms with Crippen molar-refractivity contribution in [3.8, 4) is 11.5 Å². The number of methoxy groups -OCH3 is 2. The van der Waals surface area contributed by atoms with Gasteiger partial charge in [0.2, 0.25) is 0 Å². The molecule has 3 nitrogen and oxygen atoms in total. The lowest BCUT2D eigenvalue weighted by Crippen LogP contribution is -2.04. The maximum Gasteiger partial charge on any atom is 0.147 e. The molecule has 0 aliphatic carbocycles. The van der Waals surface area contributed by atoms with Crippen LogP contribution in [0, 0.1) is 12.7 Å². The van der Waals surface area contributed by atoms with Gasteiger partial charge in [0, 0.05) is 5.56 Å². The van der Waals surface area contributed by atoms with Gasteiger partial charge in [-0.1, -0.05) is 23.7 Å². The summed E-state index contributed by atoms with van der Waals surface area (Å²) in [4.78, 5) is 0. The number of rotatable bonds is 4. The molecule has 0 aliphatic heterocycles. The van der Waals surface area contributed by atoms with Crippen molar-refractivity contribution >= 4 is 11.6 Å². The van der Waals surface area contributed by atoms with Gasteiger partial charge in [-0.15, -0.1) is 0 Å². The first-order valence-corrected chi connectivity index (χ1v) is 6.71. The van der Waals surface area contributed by atoms with E-state index in [9.17, 15) is 9.50 Å². The smallest absolute Gasteiger partial charge is 0.147 e. The molecule has 1 atom stereocenters. The van der Waals surface area contributed by atoms with Gasteiger partial charge in [-0.2, -0.15) is 0 Å². The summed E-state index contributed by atoms with van der Waals surface area (Å²) in [5.41, 5.74) is 1.40. The van der Waals surface area contributed by atoms with E-state index in [1.165, 1.54) is 20.3 Å². The monoisotopic (exact) mass is 310 g/mol. The van der Waals surface area contributed by atoms with Crippen molar-refractivity contribution in [1.82, 2.24) is 0 Å². The van der Waals surface area contributed by atoms with Gasteiger partial charge in [-0.3, -0.25) is 0 Å². The van der Waals surface area contributed by atoms with Crippen molar-refractivity contribution in [3.05, 3.63) is 57.9 Å². The second kappa shape index (κ2) is 6.33. The van der Waals surface area contributed by atoms with Crippen molar-refractivity contribution in [2.24, 2.45) is 0 Å². The molecule has 0 aliphatic rings. The molecule has 1 N–H and O–H groups in total. The molecule has 0 heterocycles. The second-order valence-electron chi connectivity index (χ2n) is 4.62. The van der Waals surface area contributed by atoms with Crippen molar-refractivity contribution in [2.45, 2.75) is 13.0 Å². The number of hydrogen-bond acceptors (Lipinski definition) is 3. The fourth-order valence-corrected chi connectivity index (χ4v) is 2.42. The predicted molar refractivity (Wildman–Crippen MR) is 79.8 cm³/mol. The lowest BCUT2D eigenvalue weighted by Gasteiger charge is -2.18. The van der Waals surface area contributed by atoms with Crippen LogP contribution in [0.2, 0.25) is 5.02 Å². The first kappa shape index (κ1) is 15.6. The molecule has 0 radical (unpaired) electrons. The molecule has 21 heavy (non-hydrogen) atoms. The lowest BCUT2D eigenvalue weighted by atomic mass is 9.99. The maximum atomic E-state index is 13.6. The Labute approximate surface area is 127 Å². The van der Waals surface area contributed by atoms with E-state index < -0.39 is 6.10 Å². The Kier molecular flexibility index (Phi) is 4.70. The first-order valence-electron chi connectivity index (χ1n) is 6.34. The Morgan fingerprint density at radius 3 is 2.43 bits per heavy atom. The van der Waals surface area contributed by atoms with E-state index in [2.05, 4.69) is 0 Å². The minimum absolute atomic E-state index is 0.268. The number of hydrogen-bond donors (Lipinski definition) is 1. The highest BCUT2D eigenvalue weighted by Gasteiger charge is 2.21. The number of halogens is 2. The normalized spacial score (nSPS) is 12.1. The zero-order valence-corrected chi connectivity index (χ0v) is 12.7. The first-order chi connectivity index (χ1) is 9.99. The predicted octanol–water partition coefficient (Wildman–Crippen LogP) is 3.89. The Hall–Kier alpha value is -1.78. The van der Waals surface area contributed by atoms with Crippen LogP contribution in [0.5, 0.6) is 11.5 Å². The van der Waals surface area contributed by atoms with Gasteiger partial charge < -0.3 is 14.6 Å². The van der Waals surface area contributed by atoms with E-state index in [0.717, 1.165) is 0 Å². The van der Waals surface area contributed by atoms with E-state index >= 15 is 0 Å². The summed E-state index contributed by atoms with van der Waals surface area (Å²) in [5, 5.41) is 10.7. The Morgan fingerprint density at radius 1 is 1.14 bits per heavy atom. The van der Waals surface area contributed by atoms with E-state index in [0.29, 0.717) is 28.2 Å². The highest BCUT2D eigenvalue weighted by Crippen LogP contribution is 2.41. The van der Waals surface area contributed by atoms with Crippen LogP contribution >= 0.6 is 11.6 Å². The zero-order chi connectivity index (χ0) is 15.6. The summed E-state index contributed by atoms with van der Waals surface area (Å²) in [6.07, 6.45) is -1.04. The van der Waals surface area contributed by atoms with Gasteiger partial charge in [0.25, 0.3) is 0 Å². The summed E-state index contributed by atoms with van der Waals surface area (Å²) in [7, 11) is 2.94. The Balaban J connectivity index is 2.50. The summed E-state index contributed by atoms with van der Waals surface area (Å²) >= 11 is 6.17. The number of aliphatic hydroxyl groups excluding tert-OH is 1. The SMILES string of the molecule is COc1ccc(C(O)c2ccc(C)c(F)c2)c(OC)c1Cl. The van der Waals surface area contributed by atoms with E-state index in [1.807, 2.05) is 0 Å². The minimum atomic E-state index is -1.04. The molecule has 0 spiro atoms. The van der Waals surface area contributed by atoms with Crippen molar-refractivity contribution in [3.63, 3.8) is 0 Å². The largest absolute Gasteiger partial charge is 0.495 e. The zero-order valence-electron chi connectivity index (χ0n) is 12.0. The quantitative estimate of drug-likeness (QED) is 0.931. The fraction of sp³-hybridized carbons (Fsp3) is 0.250. The Morgan fingerprint density at radius 2 is 1.86 bits per heavy atom. The van der Waals surface area contributed by atoms with Crippen molar-refractivity contribution < 1.29 is 19.0 Å². The third-order valence-electron chi connectivity index (χ3n) is 3.32. The van der Waals surface area contributed by atoms with E-state index in [-0.39, 0.29) is 10.8 Å². The molecule has 2 aromatic rings. The summed E-state index contributed by atoms with van der Waals surface area (Å²) in [6, 6.07) is 7.86. The Bertz CT molecular complexity index is 658. The van der Waals surface area contributed by atoms with Gasteiger partial charge in [-0.05, 0) is 36.2 Å². The number of aryl methyl sites for hydroxylation is 1. The average molecular weight is 311 g/mol. The van der Waals surface area contributed by atoms with Crippen molar-refractivity contribution in [1.29, 1.82) is 0 Å².